The maximum Gasteiger partial charge on any atom is 0.319 e. The van der Waals surface area contributed by atoms with Crippen LogP contribution in [-0.2, 0) is 0 Å². The number of aromatic nitrogens is 1. The summed E-state index contributed by atoms with van der Waals surface area (Å²) < 4.78 is 0. The van der Waals surface area contributed by atoms with Gasteiger partial charge in [-0.05, 0) is 44.4 Å². The summed E-state index contributed by atoms with van der Waals surface area (Å²) >= 11 is 3.17. The average molecular weight is 432 g/mol. The zero-order valence-corrected chi connectivity index (χ0v) is 19.8. The number of nitrogens with zero attached hydrogens (tertiary/aromatic N) is 1. The van der Waals surface area contributed by atoms with Gasteiger partial charge in [0.2, 0.25) is 0 Å². The largest absolute Gasteiger partial charge is 0.337 e. The van der Waals surface area contributed by atoms with Crippen molar-refractivity contribution in [3.8, 4) is 0 Å². The van der Waals surface area contributed by atoms with Gasteiger partial charge in [0.25, 0.3) is 0 Å². The zero-order valence-electron chi connectivity index (χ0n) is 18.2. The average Bonchev–Trinajstić information content (AvgIpc) is 2.72. The van der Waals surface area contributed by atoms with Crippen LogP contribution in [0, 0.1) is 13.8 Å². The molecular weight excluding hydrogens is 398 g/mol. The van der Waals surface area contributed by atoms with Gasteiger partial charge in [0, 0.05) is 23.1 Å². The Balaban J connectivity index is 2.07. The first-order valence-corrected chi connectivity index (χ1v) is 12.6. The Kier molecular flexibility index (Phi) is 9.88. The van der Waals surface area contributed by atoms with E-state index in [2.05, 4.69) is 53.7 Å². The number of nitrogens with one attached hydrogen (secondary N) is 2. The molecule has 2 amide bonds. The number of benzene rings is 1. The number of urea groups is 1. The van der Waals surface area contributed by atoms with Gasteiger partial charge in [0.05, 0.1) is 5.69 Å². The van der Waals surface area contributed by atoms with Gasteiger partial charge in [-0.15, -0.1) is 23.5 Å². The maximum atomic E-state index is 12.7. The quantitative estimate of drug-likeness (QED) is 0.327. The predicted octanol–water partition coefficient (Wildman–Crippen LogP) is 6.63. The van der Waals surface area contributed by atoms with Crippen LogP contribution < -0.4 is 10.6 Å². The lowest BCUT2D eigenvalue weighted by Crippen LogP contribution is -2.33. The van der Waals surface area contributed by atoms with Gasteiger partial charge in [-0.1, -0.05) is 56.0 Å². The fourth-order valence-electron chi connectivity index (χ4n) is 3.28. The second kappa shape index (κ2) is 12.1. The molecule has 1 atom stereocenters. The van der Waals surface area contributed by atoms with Crippen molar-refractivity contribution in [1.82, 2.24) is 10.3 Å². The molecule has 0 fully saturated rings. The van der Waals surface area contributed by atoms with E-state index in [0.717, 1.165) is 27.7 Å². The van der Waals surface area contributed by atoms with Gasteiger partial charge in [0.15, 0.2) is 0 Å². The first kappa shape index (κ1) is 23.6. The molecule has 158 valence electrons. The van der Waals surface area contributed by atoms with Gasteiger partial charge in [-0.3, -0.25) is 0 Å². The highest BCUT2D eigenvalue weighted by Gasteiger charge is 2.16. The molecule has 0 aliphatic rings. The number of anilines is 1. The Bertz CT molecular complexity index is 768. The highest BCUT2D eigenvalue weighted by atomic mass is 32.2. The summed E-state index contributed by atoms with van der Waals surface area (Å²) in [6.07, 6.45) is 8.67. The zero-order chi connectivity index (χ0) is 21.2. The van der Waals surface area contributed by atoms with Crippen molar-refractivity contribution >= 4 is 35.2 Å². The Morgan fingerprint density at radius 1 is 1.10 bits per heavy atom. The number of carbonyl (C=O) groups excluding carboxylic acids is 1. The fraction of sp³-hybridized carbons (Fsp3) is 0.478. The van der Waals surface area contributed by atoms with Gasteiger partial charge in [-0.2, -0.15) is 0 Å². The van der Waals surface area contributed by atoms with E-state index in [9.17, 15) is 4.79 Å². The summed E-state index contributed by atoms with van der Waals surface area (Å²) in [7, 11) is 0. The molecule has 1 aromatic heterocycles. The third-order valence-electron chi connectivity index (χ3n) is 4.94. The Morgan fingerprint density at radius 2 is 1.83 bits per heavy atom. The van der Waals surface area contributed by atoms with Crippen molar-refractivity contribution in [2.24, 2.45) is 0 Å². The molecule has 2 N–H and O–H groups in total. The lowest BCUT2D eigenvalue weighted by atomic mass is 9.92. The van der Waals surface area contributed by atoms with Crippen LogP contribution >= 0.6 is 23.5 Å². The number of carbonyl (C=O) groups is 1. The van der Waals surface area contributed by atoms with E-state index < -0.39 is 0 Å². The number of thioether (sulfide) groups is 2. The number of amides is 2. The SMILES string of the molecule is CCCCCC(CNC(=O)Nc1c(SC)cc(C)nc1SC)c1ccc(C)cc1. The second-order valence-corrected chi connectivity index (χ2v) is 8.93. The number of unbranched alkanes of at least 4 members (excludes halogenated alkanes) is 2. The molecular formula is C23H33N3OS2. The van der Waals surface area contributed by atoms with Gasteiger partial charge in [-0.25, -0.2) is 9.78 Å². The Hall–Kier alpha value is -1.66. The van der Waals surface area contributed by atoms with Crippen LogP contribution in [0.4, 0.5) is 10.5 Å². The standard InChI is InChI=1S/C23H33N3OS2/c1-6-7-8-9-19(18-12-10-16(2)11-13-18)15-24-23(27)26-21-20(28-4)14-17(3)25-22(21)29-5/h10-14,19H,6-9,15H2,1-5H3,(H2,24,26,27). The van der Waals surface area contributed by atoms with Crippen LogP contribution in [-0.4, -0.2) is 30.1 Å². The van der Waals surface area contributed by atoms with Crippen molar-refractivity contribution in [1.29, 1.82) is 0 Å². The van der Waals surface area contributed by atoms with Crippen molar-refractivity contribution in [3.63, 3.8) is 0 Å². The minimum absolute atomic E-state index is 0.172. The number of pyridine rings is 1. The highest BCUT2D eigenvalue weighted by Crippen LogP contribution is 2.33. The molecule has 1 heterocycles. The predicted molar refractivity (Wildman–Crippen MR) is 128 cm³/mol. The summed E-state index contributed by atoms with van der Waals surface area (Å²) in [5.74, 6) is 0.323. The van der Waals surface area contributed by atoms with Crippen LogP contribution in [0.15, 0.2) is 40.3 Å². The van der Waals surface area contributed by atoms with Crippen molar-refractivity contribution in [3.05, 3.63) is 47.2 Å². The molecule has 0 spiro atoms. The van der Waals surface area contributed by atoms with E-state index >= 15 is 0 Å². The van der Waals surface area contributed by atoms with E-state index in [1.165, 1.54) is 30.4 Å². The van der Waals surface area contributed by atoms with Crippen molar-refractivity contribution in [2.45, 2.75) is 62.3 Å². The van der Waals surface area contributed by atoms with E-state index in [1.807, 2.05) is 25.5 Å². The first-order valence-electron chi connectivity index (χ1n) is 10.2. The van der Waals surface area contributed by atoms with Gasteiger partial charge >= 0.3 is 6.03 Å². The Morgan fingerprint density at radius 3 is 2.45 bits per heavy atom. The van der Waals surface area contributed by atoms with Gasteiger partial charge < -0.3 is 10.6 Å². The Labute approximate surface area is 184 Å². The molecule has 0 saturated carbocycles. The van der Waals surface area contributed by atoms with E-state index in [0.29, 0.717) is 12.5 Å². The summed E-state index contributed by atoms with van der Waals surface area (Å²) in [5.41, 5.74) is 4.30. The molecule has 0 bridgehead atoms. The molecule has 0 radical (unpaired) electrons. The highest BCUT2D eigenvalue weighted by molar-refractivity contribution is 7.99. The lowest BCUT2D eigenvalue weighted by Gasteiger charge is -2.20. The van der Waals surface area contributed by atoms with E-state index in [4.69, 9.17) is 0 Å². The summed E-state index contributed by atoms with van der Waals surface area (Å²) in [5, 5.41) is 6.98. The lowest BCUT2D eigenvalue weighted by molar-refractivity contribution is 0.251. The van der Waals surface area contributed by atoms with Crippen LogP contribution in [0.2, 0.25) is 0 Å². The van der Waals surface area contributed by atoms with Gasteiger partial charge in [0.1, 0.15) is 5.03 Å². The van der Waals surface area contributed by atoms with Crippen LogP contribution in [0.5, 0.6) is 0 Å². The van der Waals surface area contributed by atoms with Crippen LogP contribution in [0.25, 0.3) is 0 Å². The number of hydrogen-bond acceptors (Lipinski definition) is 4. The third kappa shape index (κ3) is 7.27. The molecule has 1 aromatic carbocycles. The molecule has 1 unspecified atom stereocenters. The van der Waals surface area contributed by atoms with Crippen LogP contribution in [0.1, 0.15) is 55.3 Å². The first-order chi connectivity index (χ1) is 14.0. The minimum atomic E-state index is -0.172. The minimum Gasteiger partial charge on any atom is -0.337 e. The van der Waals surface area contributed by atoms with Crippen LogP contribution in [0.3, 0.4) is 0 Å². The summed E-state index contributed by atoms with van der Waals surface area (Å²) in [4.78, 5) is 18.3. The fourth-order valence-corrected chi connectivity index (χ4v) is 4.58. The summed E-state index contributed by atoms with van der Waals surface area (Å²) in [6.45, 7) is 6.92. The third-order valence-corrected chi connectivity index (χ3v) is 6.39. The number of hydrogen-bond donors (Lipinski definition) is 2. The molecule has 2 aromatic rings. The number of aryl methyl sites for hydroxylation is 2. The van der Waals surface area contributed by atoms with Crippen molar-refractivity contribution in [2.75, 3.05) is 24.4 Å². The molecule has 4 nitrogen and oxygen atoms in total. The van der Waals surface area contributed by atoms with E-state index in [-0.39, 0.29) is 6.03 Å². The molecule has 2 rings (SSSR count). The van der Waals surface area contributed by atoms with E-state index in [1.54, 1.807) is 23.5 Å². The topological polar surface area (TPSA) is 54.0 Å². The molecule has 6 heteroatoms. The molecule has 0 saturated heterocycles. The molecule has 0 aliphatic heterocycles. The van der Waals surface area contributed by atoms with Crippen molar-refractivity contribution < 1.29 is 4.79 Å². The molecule has 0 aliphatic carbocycles. The summed E-state index contributed by atoms with van der Waals surface area (Å²) in [6, 6.07) is 10.5. The monoisotopic (exact) mass is 431 g/mol. The number of rotatable bonds is 10. The normalized spacial score (nSPS) is 11.9. The molecule has 29 heavy (non-hydrogen) atoms. The smallest absolute Gasteiger partial charge is 0.319 e. The maximum absolute atomic E-state index is 12.7. The second-order valence-electron chi connectivity index (χ2n) is 7.29.